The molecule has 3 heterocycles. The number of ether oxygens (including phenoxy) is 1. The van der Waals surface area contributed by atoms with E-state index < -0.39 is 5.97 Å². The molecule has 1 aliphatic heterocycles. The second-order valence-electron chi connectivity index (χ2n) is 7.07. The van der Waals surface area contributed by atoms with Gasteiger partial charge in [0.2, 0.25) is 5.91 Å². The maximum absolute atomic E-state index is 12.6. The Hall–Kier alpha value is -2.44. The molecule has 0 aromatic carbocycles. The Morgan fingerprint density at radius 3 is 2.88 bits per heavy atom. The number of carbonyl (C=O) groups is 2. The standard InChI is InChI=1S/C17H22N4O3/c1-10(2)21-15-13(7-19-21)12(5-11(3)20-15)16(23)24-9-17(4)6-14(22)18-8-17/h5,7,10H,6,8-9H2,1-4H3,(H,18,22)/t17-/m0/s1. The highest BCUT2D eigenvalue weighted by molar-refractivity contribution is 6.02. The number of hydrogen-bond donors (Lipinski definition) is 1. The van der Waals surface area contributed by atoms with Crippen molar-refractivity contribution < 1.29 is 14.3 Å². The van der Waals surface area contributed by atoms with E-state index in [2.05, 4.69) is 15.4 Å². The van der Waals surface area contributed by atoms with Crippen molar-refractivity contribution in [1.82, 2.24) is 20.1 Å². The molecule has 1 N–H and O–H groups in total. The van der Waals surface area contributed by atoms with Crippen molar-refractivity contribution in [2.24, 2.45) is 5.41 Å². The van der Waals surface area contributed by atoms with Gasteiger partial charge >= 0.3 is 5.97 Å². The van der Waals surface area contributed by atoms with Crippen LogP contribution >= 0.6 is 0 Å². The van der Waals surface area contributed by atoms with Crippen molar-refractivity contribution in [3.63, 3.8) is 0 Å². The quantitative estimate of drug-likeness (QED) is 0.867. The SMILES string of the molecule is Cc1cc(C(=O)OC[C@]2(C)CNC(=O)C2)c2cnn(C(C)C)c2n1. The summed E-state index contributed by atoms with van der Waals surface area (Å²) in [6.45, 7) is 8.52. The summed E-state index contributed by atoms with van der Waals surface area (Å²) < 4.78 is 7.29. The number of aromatic nitrogens is 3. The second-order valence-corrected chi connectivity index (χ2v) is 7.07. The van der Waals surface area contributed by atoms with Crippen LogP contribution in [0.4, 0.5) is 0 Å². The summed E-state index contributed by atoms with van der Waals surface area (Å²) in [7, 11) is 0. The van der Waals surface area contributed by atoms with E-state index in [9.17, 15) is 9.59 Å². The smallest absolute Gasteiger partial charge is 0.339 e. The van der Waals surface area contributed by atoms with Crippen LogP contribution in [0.3, 0.4) is 0 Å². The summed E-state index contributed by atoms with van der Waals surface area (Å²) in [5.41, 5.74) is 1.53. The lowest BCUT2D eigenvalue weighted by atomic mass is 9.91. The normalized spacial score (nSPS) is 20.6. The van der Waals surface area contributed by atoms with Gasteiger partial charge in [-0.3, -0.25) is 4.79 Å². The van der Waals surface area contributed by atoms with Gasteiger partial charge in [-0.2, -0.15) is 5.10 Å². The summed E-state index contributed by atoms with van der Waals surface area (Å²) in [4.78, 5) is 28.5. The van der Waals surface area contributed by atoms with Crippen molar-refractivity contribution >= 4 is 22.9 Å². The van der Waals surface area contributed by atoms with E-state index in [4.69, 9.17) is 4.74 Å². The third-order valence-corrected chi connectivity index (χ3v) is 4.26. The molecule has 0 unspecified atom stereocenters. The van der Waals surface area contributed by atoms with Crippen molar-refractivity contribution in [1.29, 1.82) is 0 Å². The molecule has 3 rings (SSSR count). The monoisotopic (exact) mass is 330 g/mol. The zero-order chi connectivity index (χ0) is 17.5. The second kappa shape index (κ2) is 5.89. The molecule has 0 radical (unpaired) electrons. The molecule has 7 heteroatoms. The Morgan fingerprint density at radius 1 is 1.50 bits per heavy atom. The fraction of sp³-hybridized carbons (Fsp3) is 0.529. The van der Waals surface area contributed by atoms with Gasteiger partial charge in [0.1, 0.15) is 0 Å². The average Bonchev–Trinajstić information content (AvgIpc) is 3.08. The zero-order valence-electron chi connectivity index (χ0n) is 14.4. The minimum absolute atomic E-state index is 0.00564. The highest BCUT2D eigenvalue weighted by Crippen LogP contribution is 2.27. The van der Waals surface area contributed by atoms with Gasteiger partial charge in [-0.05, 0) is 26.8 Å². The number of amides is 1. The first-order chi connectivity index (χ1) is 11.3. The first kappa shape index (κ1) is 16.4. The van der Waals surface area contributed by atoms with Crippen LogP contribution in [-0.4, -0.2) is 39.8 Å². The van der Waals surface area contributed by atoms with Crippen molar-refractivity contribution in [2.75, 3.05) is 13.2 Å². The summed E-state index contributed by atoms with van der Waals surface area (Å²) >= 11 is 0. The van der Waals surface area contributed by atoms with Gasteiger partial charge in [-0.1, -0.05) is 6.92 Å². The molecule has 2 aromatic rings. The minimum Gasteiger partial charge on any atom is -0.461 e. The fourth-order valence-corrected chi connectivity index (χ4v) is 2.93. The van der Waals surface area contributed by atoms with Gasteiger partial charge in [0.25, 0.3) is 0 Å². The molecule has 7 nitrogen and oxygen atoms in total. The molecule has 1 atom stereocenters. The molecule has 0 aliphatic carbocycles. The molecule has 1 fully saturated rings. The predicted octanol–water partition coefficient (Wildman–Crippen LogP) is 2.00. The molecule has 1 amide bonds. The number of pyridine rings is 1. The fourth-order valence-electron chi connectivity index (χ4n) is 2.93. The first-order valence-corrected chi connectivity index (χ1v) is 8.08. The third-order valence-electron chi connectivity index (χ3n) is 4.26. The molecule has 2 aromatic heterocycles. The lowest BCUT2D eigenvalue weighted by molar-refractivity contribution is -0.119. The van der Waals surface area contributed by atoms with Crippen LogP contribution in [0.15, 0.2) is 12.3 Å². The van der Waals surface area contributed by atoms with Crippen LogP contribution in [0.2, 0.25) is 0 Å². The molecule has 24 heavy (non-hydrogen) atoms. The molecule has 0 saturated carbocycles. The van der Waals surface area contributed by atoms with E-state index in [1.165, 1.54) is 0 Å². The highest BCUT2D eigenvalue weighted by Gasteiger charge is 2.35. The van der Waals surface area contributed by atoms with Gasteiger partial charge in [-0.15, -0.1) is 0 Å². The Morgan fingerprint density at radius 2 is 2.25 bits per heavy atom. The van der Waals surface area contributed by atoms with E-state index in [0.717, 1.165) is 5.69 Å². The van der Waals surface area contributed by atoms with Gasteiger partial charge < -0.3 is 10.1 Å². The summed E-state index contributed by atoms with van der Waals surface area (Å²) in [5.74, 6) is -0.414. The number of aryl methyl sites for hydroxylation is 1. The number of carbonyl (C=O) groups excluding carboxylic acids is 2. The zero-order valence-corrected chi connectivity index (χ0v) is 14.4. The molecule has 1 saturated heterocycles. The Kier molecular flexibility index (Phi) is 4.03. The maximum Gasteiger partial charge on any atom is 0.339 e. The number of nitrogens with zero attached hydrogens (tertiary/aromatic N) is 3. The molecular formula is C17H22N4O3. The molecule has 1 aliphatic rings. The van der Waals surface area contributed by atoms with Crippen LogP contribution in [0.25, 0.3) is 11.0 Å². The molecule has 0 bridgehead atoms. The predicted molar refractivity (Wildman–Crippen MR) is 88.7 cm³/mol. The molecule has 0 spiro atoms. The largest absolute Gasteiger partial charge is 0.461 e. The van der Waals surface area contributed by atoms with E-state index in [0.29, 0.717) is 29.6 Å². The van der Waals surface area contributed by atoms with E-state index in [-0.39, 0.29) is 24.0 Å². The Balaban J connectivity index is 1.86. The number of fused-ring (bicyclic) bond motifs is 1. The summed E-state index contributed by atoms with van der Waals surface area (Å²) in [6, 6.07) is 1.87. The van der Waals surface area contributed by atoms with Crippen molar-refractivity contribution in [3.05, 3.63) is 23.5 Å². The van der Waals surface area contributed by atoms with Crippen LogP contribution in [0.5, 0.6) is 0 Å². The maximum atomic E-state index is 12.6. The van der Waals surface area contributed by atoms with E-state index in [1.54, 1.807) is 16.9 Å². The third kappa shape index (κ3) is 2.98. The van der Waals surface area contributed by atoms with E-state index in [1.807, 2.05) is 27.7 Å². The average molecular weight is 330 g/mol. The highest BCUT2D eigenvalue weighted by atomic mass is 16.5. The van der Waals surface area contributed by atoms with Crippen LogP contribution in [-0.2, 0) is 9.53 Å². The lowest BCUT2D eigenvalue weighted by Gasteiger charge is -2.20. The van der Waals surface area contributed by atoms with Gasteiger partial charge in [0.05, 0.1) is 23.8 Å². The Labute approximate surface area is 140 Å². The van der Waals surface area contributed by atoms with Gasteiger partial charge in [-0.25, -0.2) is 14.5 Å². The minimum atomic E-state index is -0.408. The molecular weight excluding hydrogens is 308 g/mol. The summed E-state index contributed by atoms with van der Waals surface area (Å²) in [5, 5.41) is 7.79. The molecule has 128 valence electrons. The van der Waals surface area contributed by atoms with Gasteiger partial charge in [0, 0.05) is 30.1 Å². The van der Waals surface area contributed by atoms with E-state index >= 15 is 0 Å². The number of hydrogen-bond acceptors (Lipinski definition) is 5. The topological polar surface area (TPSA) is 86.1 Å². The van der Waals surface area contributed by atoms with Crippen LogP contribution in [0.1, 0.15) is 49.3 Å². The Bertz CT molecular complexity index is 812. The number of nitrogens with one attached hydrogen (secondary N) is 1. The van der Waals surface area contributed by atoms with Crippen molar-refractivity contribution in [2.45, 2.75) is 40.2 Å². The first-order valence-electron chi connectivity index (χ1n) is 8.08. The van der Waals surface area contributed by atoms with Gasteiger partial charge in [0.15, 0.2) is 5.65 Å². The van der Waals surface area contributed by atoms with Crippen LogP contribution in [0, 0.1) is 12.3 Å². The lowest BCUT2D eigenvalue weighted by Crippen LogP contribution is -2.27. The van der Waals surface area contributed by atoms with Crippen LogP contribution < -0.4 is 5.32 Å². The number of esters is 1. The number of rotatable bonds is 4. The van der Waals surface area contributed by atoms with Crippen molar-refractivity contribution in [3.8, 4) is 0 Å². The summed E-state index contributed by atoms with van der Waals surface area (Å²) in [6.07, 6.45) is 2.02.